The second-order valence-electron chi connectivity index (χ2n) is 4.85. The molecule has 0 spiro atoms. The van der Waals surface area contributed by atoms with Crippen LogP contribution in [0.1, 0.15) is 38.2 Å². The SMILES string of the molecule is CCCC(CNC(=O)C(C)c1cccc(F)c1)C(=O)O. The molecule has 2 N–H and O–H groups in total. The number of aliphatic carboxylic acids is 1. The van der Waals surface area contributed by atoms with Crippen LogP contribution in [0.25, 0.3) is 0 Å². The molecule has 2 atom stereocenters. The summed E-state index contributed by atoms with van der Waals surface area (Å²) in [5, 5.41) is 11.6. The van der Waals surface area contributed by atoms with Gasteiger partial charge >= 0.3 is 5.97 Å². The first-order valence-corrected chi connectivity index (χ1v) is 6.71. The molecule has 110 valence electrons. The highest BCUT2D eigenvalue weighted by molar-refractivity contribution is 5.83. The van der Waals surface area contributed by atoms with E-state index in [1.807, 2.05) is 6.92 Å². The maximum Gasteiger partial charge on any atom is 0.308 e. The molecule has 2 unspecified atom stereocenters. The van der Waals surface area contributed by atoms with Gasteiger partial charge in [-0.15, -0.1) is 0 Å². The van der Waals surface area contributed by atoms with Gasteiger partial charge in [-0.2, -0.15) is 0 Å². The maximum atomic E-state index is 13.1. The van der Waals surface area contributed by atoms with Crippen LogP contribution >= 0.6 is 0 Å². The Kier molecular flexibility index (Phi) is 6.15. The highest BCUT2D eigenvalue weighted by Crippen LogP contribution is 2.16. The molecule has 1 aromatic rings. The molecule has 0 bridgehead atoms. The van der Waals surface area contributed by atoms with Gasteiger partial charge in [-0.05, 0) is 31.0 Å². The summed E-state index contributed by atoms with van der Waals surface area (Å²) in [7, 11) is 0. The molecule has 1 aromatic carbocycles. The van der Waals surface area contributed by atoms with Crippen molar-refractivity contribution in [1.29, 1.82) is 0 Å². The summed E-state index contributed by atoms with van der Waals surface area (Å²) in [5.41, 5.74) is 0.574. The number of rotatable bonds is 7. The number of nitrogens with one attached hydrogen (secondary N) is 1. The summed E-state index contributed by atoms with van der Waals surface area (Å²) in [6.07, 6.45) is 1.26. The summed E-state index contributed by atoms with van der Waals surface area (Å²) in [6.45, 7) is 3.66. The van der Waals surface area contributed by atoms with Gasteiger partial charge in [0, 0.05) is 6.54 Å². The highest BCUT2D eigenvalue weighted by atomic mass is 19.1. The van der Waals surface area contributed by atoms with Crippen LogP contribution in [0.5, 0.6) is 0 Å². The minimum Gasteiger partial charge on any atom is -0.481 e. The monoisotopic (exact) mass is 281 g/mol. The van der Waals surface area contributed by atoms with Crippen LogP contribution < -0.4 is 5.32 Å². The van der Waals surface area contributed by atoms with E-state index in [0.29, 0.717) is 12.0 Å². The van der Waals surface area contributed by atoms with Crippen molar-refractivity contribution in [3.8, 4) is 0 Å². The van der Waals surface area contributed by atoms with E-state index in [0.717, 1.165) is 6.42 Å². The minimum atomic E-state index is -0.912. The van der Waals surface area contributed by atoms with Crippen LogP contribution in [0.2, 0.25) is 0 Å². The number of carboxylic acids is 1. The fourth-order valence-electron chi connectivity index (χ4n) is 1.97. The van der Waals surface area contributed by atoms with Gasteiger partial charge < -0.3 is 10.4 Å². The van der Waals surface area contributed by atoms with Gasteiger partial charge in [-0.25, -0.2) is 4.39 Å². The molecule has 0 heterocycles. The van der Waals surface area contributed by atoms with Gasteiger partial charge in [-0.1, -0.05) is 25.5 Å². The molecule has 0 fully saturated rings. The molecule has 0 saturated carbocycles. The molecule has 0 radical (unpaired) electrons. The average Bonchev–Trinajstić information content (AvgIpc) is 2.41. The van der Waals surface area contributed by atoms with E-state index in [4.69, 9.17) is 5.11 Å². The number of benzene rings is 1. The zero-order valence-corrected chi connectivity index (χ0v) is 11.7. The predicted octanol–water partition coefficient (Wildman–Crippen LogP) is 2.55. The molecule has 1 rings (SSSR count). The van der Waals surface area contributed by atoms with Crippen LogP contribution in [0.3, 0.4) is 0 Å². The highest BCUT2D eigenvalue weighted by Gasteiger charge is 2.20. The molecule has 1 amide bonds. The molecular weight excluding hydrogens is 261 g/mol. The van der Waals surface area contributed by atoms with Crippen LogP contribution in [-0.2, 0) is 9.59 Å². The zero-order chi connectivity index (χ0) is 15.1. The Morgan fingerprint density at radius 1 is 1.40 bits per heavy atom. The van der Waals surface area contributed by atoms with Gasteiger partial charge in [-0.3, -0.25) is 9.59 Å². The van der Waals surface area contributed by atoms with Crippen molar-refractivity contribution in [2.75, 3.05) is 6.54 Å². The summed E-state index contributed by atoms with van der Waals surface area (Å²) >= 11 is 0. The van der Waals surface area contributed by atoms with E-state index in [-0.39, 0.29) is 12.5 Å². The maximum absolute atomic E-state index is 13.1. The minimum absolute atomic E-state index is 0.0989. The Morgan fingerprint density at radius 2 is 2.10 bits per heavy atom. The Bertz CT molecular complexity index is 476. The molecule has 0 saturated heterocycles. The van der Waals surface area contributed by atoms with Gasteiger partial charge in [0.15, 0.2) is 0 Å². The molecule has 20 heavy (non-hydrogen) atoms. The van der Waals surface area contributed by atoms with Gasteiger partial charge in [0.05, 0.1) is 11.8 Å². The summed E-state index contributed by atoms with van der Waals surface area (Å²) in [4.78, 5) is 22.9. The normalized spacial score (nSPS) is 13.6. The van der Waals surface area contributed by atoms with Crippen molar-refractivity contribution in [1.82, 2.24) is 5.32 Å². The van der Waals surface area contributed by atoms with Crippen molar-refractivity contribution in [2.24, 2.45) is 5.92 Å². The topological polar surface area (TPSA) is 66.4 Å². The smallest absolute Gasteiger partial charge is 0.308 e. The molecule has 4 nitrogen and oxygen atoms in total. The fraction of sp³-hybridized carbons (Fsp3) is 0.467. The van der Waals surface area contributed by atoms with E-state index in [9.17, 15) is 14.0 Å². The average molecular weight is 281 g/mol. The number of hydrogen-bond acceptors (Lipinski definition) is 2. The summed E-state index contributed by atoms with van der Waals surface area (Å²) in [6, 6.07) is 5.85. The third-order valence-electron chi connectivity index (χ3n) is 3.25. The Balaban J connectivity index is 2.60. The zero-order valence-electron chi connectivity index (χ0n) is 11.7. The van der Waals surface area contributed by atoms with Crippen LogP contribution in [-0.4, -0.2) is 23.5 Å². The Labute approximate surface area is 118 Å². The lowest BCUT2D eigenvalue weighted by atomic mass is 9.99. The van der Waals surface area contributed by atoms with E-state index in [1.165, 1.54) is 12.1 Å². The van der Waals surface area contributed by atoms with E-state index in [1.54, 1.807) is 19.1 Å². The largest absolute Gasteiger partial charge is 0.481 e. The van der Waals surface area contributed by atoms with Gasteiger partial charge in [0.2, 0.25) is 5.91 Å². The van der Waals surface area contributed by atoms with Crippen molar-refractivity contribution in [2.45, 2.75) is 32.6 Å². The number of hydrogen-bond donors (Lipinski definition) is 2. The number of carboxylic acid groups (broad SMARTS) is 1. The second-order valence-corrected chi connectivity index (χ2v) is 4.85. The lowest BCUT2D eigenvalue weighted by Crippen LogP contribution is -2.35. The first-order valence-electron chi connectivity index (χ1n) is 6.71. The van der Waals surface area contributed by atoms with Crippen molar-refractivity contribution >= 4 is 11.9 Å². The number of carbonyl (C=O) groups excluding carboxylic acids is 1. The summed E-state index contributed by atoms with van der Waals surface area (Å²) < 4.78 is 13.1. The molecule has 0 aliphatic carbocycles. The van der Waals surface area contributed by atoms with Crippen molar-refractivity contribution in [3.05, 3.63) is 35.6 Å². The Morgan fingerprint density at radius 3 is 2.65 bits per heavy atom. The molecule has 0 aliphatic rings. The van der Waals surface area contributed by atoms with Crippen LogP contribution in [0.4, 0.5) is 4.39 Å². The summed E-state index contributed by atoms with van der Waals surface area (Å²) in [5.74, 6) is -2.69. The first-order chi connectivity index (χ1) is 9.45. The molecular formula is C15H20FNO3. The standard InChI is InChI=1S/C15H20FNO3/c1-3-5-12(15(19)20)9-17-14(18)10(2)11-6-4-7-13(16)8-11/h4,6-8,10,12H,3,5,9H2,1-2H3,(H,17,18)(H,19,20). The third-order valence-corrected chi connectivity index (χ3v) is 3.25. The second kappa shape index (κ2) is 7.62. The lowest BCUT2D eigenvalue weighted by molar-refractivity contribution is -0.142. The molecule has 0 aromatic heterocycles. The number of amides is 1. The van der Waals surface area contributed by atoms with Crippen LogP contribution in [0, 0.1) is 11.7 Å². The van der Waals surface area contributed by atoms with Crippen LogP contribution in [0.15, 0.2) is 24.3 Å². The first kappa shape index (κ1) is 16.1. The molecule has 5 heteroatoms. The number of carbonyl (C=O) groups is 2. The Hall–Kier alpha value is -1.91. The van der Waals surface area contributed by atoms with Crippen molar-refractivity contribution < 1.29 is 19.1 Å². The number of halogens is 1. The van der Waals surface area contributed by atoms with E-state index in [2.05, 4.69) is 5.32 Å². The van der Waals surface area contributed by atoms with E-state index >= 15 is 0 Å². The predicted molar refractivity (Wildman–Crippen MR) is 73.9 cm³/mol. The quantitative estimate of drug-likeness (QED) is 0.807. The van der Waals surface area contributed by atoms with Gasteiger partial charge in [0.25, 0.3) is 0 Å². The lowest BCUT2D eigenvalue weighted by Gasteiger charge is -2.16. The van der Waals surface area contributed by atoms with Gasteiger partial charge in [0.1, 0.15) is 5.82 Å². The van der Waals surface area contributed by atoms with E-state index < -0.39 is 23.6 Å². The molecule has 0 aliphatic heterocycles. The third kappa shape index (κ3) is 4.64. The van der Waals surface area contributed by atoms with Crippen molar-refractivity contribution in [3.63, 3.8) is 0 Å². The fourth-order valence-corrected chi connectivity index (χ4v) is 1.97.